The molecule has 0 bridgehead atoms. The number of nitrogen functional groups attached to an aromatic ring is 1. The number of phosphoric ester groups is 3. The Hall–Kier alpha value is -2.30. The van der Waals surface area contributed by atoms with E-state index in [1.165, 1.54) is 4.57 Å². The molecule has 25 heteroatoms. The lowest BCUT2D eigenvalue weighted by atomic mass is 9.98. The van der Waals surface area contributed by atoms with Gasteiger partial charge in [-0.1, -0.05) is 30.3 Å². The Morgan fingerprint density at radius 2 is 1.47 bits per heavy atom. The number of aliphatic hydroxyl groups is 2. The molecule has 9 atom stereocenters. The highest BCUT2D eigenvalue weighted by molar-refractivity contribution is 7.43. The molecule has 0 radical (unpaired) electrons. The van der Waals surface area contributed by atoms with Gasteiger partial charge in [-0.25, -0.2) is 15.0 Å². The van der Waals surface area contributed by atoms with Gasteiger partial charge in [-0.05, 0) is 24.8 Å². The number of phosphoric acid groups is 3. The highest BCUT2D eigenvalue weighted by Crippen LogP contribution is 2.46. The molecule has 22 nitrogen and oxygen atoms in total. The summed E-state index contributed by atoms with van der Waals surface area (Å²) in [4.78, 5) is 82.0. The first-order valence-corrected chi connectivity index (χ1v) is 18.7. The second kappa shape index (κ2) is 15.1. The first-order chi connectivity index (χ1) is 22.9. The number of benzene rings is 1. The van der Waals surface area contributed by atoms with Crippen LogP contribution in [0.25, 0.3) is 11.2 Å². The molecule has 0 aliphatic carbocycles. The molecule has 4 heterocycles. The quantitative estimate of drug-likeness (QED) is 0.130. The summed E-state index contributed by atoms with van der Waals surface area (Å²) in [6.45, 7) is -1.21. The number of hydrogen-bond acceptors (Lipinski definition) is 21. The minimum Gasteiger partial charge on any atom is -0.790 e. The molecule has 0 unspecified atom stereocenters. The fourth-order valence-corrected chi connectivity index (χ4v) is 7.27. The summed E-state index contributed by atoms with van der Waals surface area (Å²) in [5, 5.41) is 20.9. The number of aromatic nitrogens is 4. The molecular formula is C24H28N5O17P3-6. The third kappa shape index (κ3) is 9.53. The minimum absolute atomic E-state index is 0.0189. The van der Waals surface area contributed by atoms with Crippen LogP contribution in [0, 0.1) is 0 Å². The van der Waals surface area contributed by atoms with Crippen molar-refractivity contribution in [3.8, 4) is 0 Å². The lowest BCUT2D eigenvalue weighted by Gasteiger charge is -2.49. The molecule has 2 fully saturated rings. The van der Waals surface area contributed by atoms with Gasteiger partial charge in [-0.15, -0.1) is 0 Å². The van der Waals surface area contributed by atoms with Gasteiger partial charge in [0.05, 0.1) is 42.5 Å². The highest BCUT2D eigenvalue weighted by atomic mass is 31.2. The second-order valence-electron chi connectivity index (χ2n) is 10.9. The number of aliphatic hydroxyl groups excluding tert-OH is 2. The van der Waals surface area contributed by atoms with E-state index in [2.05, 4.69) is 24.0 Å². The fourth-order valence-electron chi connectivity index (χ4n) is 5.65. The van der Waals surface area contributed by atoms with Crippen molar-refractivity contribution in [2.75, 3.05) is 12.3 Å². The Morgan fingerprint density at radius 1 is 0.837 bits per heavy atom. The maximum Gasteiger partial charge on any atom is 0.187 e. The molecule has 0 spiro atoms. The van der Waals surface area contributed by atoms with Crippen LogP contribution in [0.4, 0.5) is 5.82 Å². The summed E-state index contributed by atoms with van der Waals surface area (Å²) in [5.74, 6) is -0.0592. The Kier molecular flexibility index (Phi) is 11.7. The zero-order valence-electron chi connectivity index (χ0n) is 24.8. The highest BCUT2D eigenvalue weighted by Gasteiger charge is 2.54. The molecule has 272 valence electrons. The number of ether oxygens (including phenoxy) is 3. The van der Waals surface area contributed by atoms with Crippen LogP contribution in [0.1, 0.15) is 24.6 Å². The summed E-state index contributed by atoms with van der Waals surface area (Å²) in [7, 11) is -17.9. The van der Waals surface area contributed by atoms with Gasteiger partial charge < -0.3 is 86.8 Å². The topological polar surface area (TPSA) is 355 Å². The molecular weight excluding hydrogens is 723 g/mol. The number of rotatable bonds is 14. The normalized spacial score (nSPS) is 29.8. The summed E-state index contributed by atoms with van der Waals surface area (Å²) in [5.41, 5.74) is 6.87. The summed E-state index contributed by atoms with van der Waals surface area (Å²) in [6, 6.07) is 9.11. The van der Waals surface area contributed by atoms with Crippen molar-refractivity contribution in [1.82, 2.24) is 19.5 Å². The maximum absolute atomic E-state index is 12.0. The standard InChI is InChI=1S/C24H34N5O17P3/c25-21-15-22(27-10-26-21)29(11-28-15)23-20(46-49(38,39)40)17(13(41-23)8-4-7-12-5-2-1-3-6-12)43-24-16(31)19(45-48(35,36)37)18(14(9-30)42-24)44-47(32,33)34/h1-3,5-6,10-11,13-14,16-20,23-24,30-31H,4,7-9H2,(H2,25,26,27)(H2,32,33,34)(H2,35,36,37)(H2,38,39,40)/p-6/t13-,14-,16-,17-,18-,19-,20-,23-,24-/m1/s1. The van der Waals surface area contributed by atoms with Gasteiger partial charge in [0, 0.05) is 0 Å². The summed E-state index contributed by atoms with van der Waals surface area (Å²) >= 11 is 0. The van der Waals surface area contributed by atoms with Gasteiger partial charge in [0.1, 0.15) is 48.5 Å². The third-order valence-electron chi connectivity index (χ3n) is 7.58. The summed E-state index contributed by atoms with van der Waals surface area (Å²) < 4.78 is 67.1. The Morgan fingerprint density at radius 3 is 2.10 bits per heavy atom. The molecule has 0 amide bonds. The van der Waals surface area contributed by atoms with E-state index in [9.17, 15) is 53.3 Å². The zero-order chi connectivity index (χ0) is 35.7. The molecule has 4 N–H and O–H groups in total. The van der Waals surface area contributed by atoms with Crippen LogP contribution in [0.2, 0.25) is 0 Å². The van der Waals surface area contributed by atoms with Crippen LogP contribution in [0.3, 0.4) is 0 Å². The van der Waals surface area contributed by atoms with Crippen molar-refractivity contribution < 1.29 is 81.1 Å². The number of anilines is 1. The van der Waals surface area contributed by atoms with Crippen LogP contribution in [0.15, 0.2) is 43.0 Å². The Balaban J connectivity index is 1.52. The van der Waals surface area contributed by atoms with E-state index < -0.39 is 85.3 Å². The number of nitrogens with two attached hydrogens (primary N) is 1. The van der Waals surface area contributed by atoms with Crippen LogP contribution in [0.5, 0.6) is 0 Å². The molecule has 2 aliphatic rings. The lowest BCUT2D eigenvalue weighted by molar-refractivity contribution is -0.379. The average molecular weight is 751 g/mol. The summed E-state index contributed by atoms with van der Waals surface area (Å²) in [6.07, 6.45) is -14.8. The number of imidazole rings is 1. The Bertz CT molecular complexity index is 1720. The molecule has 49 heavy (non-hydrogen) atoms. The van der Waals surface area contributed by atoms with Crippen molar-refractivity contribution >= 4 is 40.4 Å². The van der Waals surface area contributed by atoms with E-state index in [4.69, 9.17) is 24.5 Å². The van der Waals surface area contributed by atoms with Crippen molar-refractivity contribution in [2.45, 2.75) is 74.5 Å². The van der Waals surface area contributed by atoms with Crippen LogP contribution in [-0.2, 0) is 47.9 Å². The SMILES string of the molecule is Nc1ncnc2c1ncn2[C@@H]1O[C@H](CCCc2ccccc2)[C@@H](O[C@H]2O[C@H](CO)[C@@H](OP(=O)([O-])[O-])[C@H](OP(=O)([O-])[O-])[C@H]2O)[C@H]1OP(=O)([O-])[O-]. The van der Waals surface area contributed by atoms with Gasteiger partial charge in [-0.2, -0.15) is 0 Å². The minimum atomic E-state index is -6.07. The van der Waals surface area contributed by atoms with Crippen LogP contribution in [-0.4, -0.2) is 85.4 Å². The molecule has 5 rings (SSSR count). The number of hydrogen-bond donors (Lipinski definition) is 3. The molecule has 3 aromatic rings. The van der Waals surface area contributed by atoms with E-state index in [0.717, 1.165) is 18.2 Å². The van der Waals surface area contributed by atoms with Crippen molar-refractivity contribution in [3.05, 3.63) is 48.5 Å². The fraction of sp³-hybridized carbons (Fsp3) is 0.542. The zero-order valence-corrected chi connectivity index (χ0v) is 27.5. The number of aryl methyl sites for hydroxylation is 1. The van der Waals surface area contributed by atoms with Crippen molar-refractivity contribution in [3.63, 3.8) is 0 Å². The largest absolute Gasteiger partial charge is 0.790 e. The maximum atomic E-state index is 12.0. The molecule has 2 saturated heterocycles. The van der Waals surface area contributed by atoms with E-state index >= 15 is 0 Å². The van der Waals surface area contributed by atoms with Gasteiger partial charge in [0.25, 0.3) is 0 Å². The monoisotopic (exact) mass is 751 g/mol. The van der Waals surface area contributed by atoms with Gasteiger partial charge in [-0.3, -0.25) is 4.57 Å². The van der Waals surface area contributed by atoms with E-state index in [1.54, 1.807) is 12.1 Å². The predicted molar refractivity (Wildman–Crippen MR) is 147 cm³/mol. The van der Waals surface area contributed by atoms with Crippen LogP contribution < -0.4 is 35.1 Å². The first-order valence-electron chi connectivity index (χ1n) is 14.3. The number of nitrogens with zero attached hydrogens (tertiary/aromatic N) is 4. The molecule has 1 aromatic carbocycles. The van der Waals surface area contributed by atoms with Crippen molar-refractivity contribution in [2.24, 2.45) is 0 Å². The van der Waals surface area contributed by atoms with E-state index in [0.29, 0.717) is 12.8 Å². The second-order valence-corrected chi connectivity index (χ2v) is 14.2. The predicted octanol–water partition coefficient (Wildman–Crippen LogP) is -4.57. The van der Waals surface area contributed by atoms with Gasteiger partial charge in [0.2, 0.25) is 0 Å². The number of fused-ring (bicyclic) bond motifs is 1. The van der Waals surface area contributed by atoms with E-state index in [-0.39, 0.29) is 23.4 Å². The molecule has 2 aromatic heterocycles. The molecule has 2 aliphatic heterocycles. The van der Waals surface area contributed by atoms with Gasteiger partial charge >= 0.3 is 0 Å². The smallest absolute Gasteiger partial charge is 0.187 e. The molecule has 0 saturated carbocycles. The first kappa shape index (κ1) is 37.9. The lowest BCUT2D eigenvalue weighted by Crippen LogP contribution is -2.62. The van der Waals surface area contributed by atoms with Crippen LogP contribution >= 0.6 is 23.5 Å². The van der Waals surface area contributed by atoms with E-state index in [1.807, 2.05) is 18.2 Å². The van der Waals surface area contributed by atoms with Crippen molar-refractivity contribution in [1.29, 1.82) is 0 Å². The average Bonchev–Trinajstić information content (AvgIpc) is 3.57. The van der Waals surface area contributed by atoms with Gasteiger partial charge in [0.15, 0.2) is 24.0 Å². The Labute approximate surface area is 276 Å². The third-order valence-corrected chi connectivity index (χ3v) is 9.09.